The molecule has 0 aromatic heterocycles. The van der Waals surface area contributed by atoms with Gasteiger partial charge in [-0.15, -0.1) is 0 Å². The Labute approximate surface area is 123 Å². The molecule has 2 heteroatoms. The van der Waals surface area contributed by atoms with Crippen LogP contribution in [0.15, 0.2) is 64.4 Å². The predicted molar refractivity (Wildman–Crippen MR) is 90.0 cm³/mol. The zero-order valence-electron chi connectivity index (χ0n) is 13.6. The maximum Gasteiger partial charge on any atom is 0.100 e. The van der Waals surface area contributed by atoms with Crippen LogP contribution in [0.5, 0.6) is 0 Å². The number of aliphatic imine (C=N–C) groups is 1. The van der Waals surface area contributed by atoms with E-state index in [1.807, 2.05) is 32.1 Å². The number of allylic oxidation sites excluding steroid dienone is 8. The highest BCUT2D eigenvalue weighted by Crippen LogP contribution is 2.14. The highest BCUT2D eigenvalue weighted by Gasteiger charge is 2.15. The average molecular weight is 273 g/mol. The van der Waals surface area contributed by atoms with Crippen molar-refractivity contribution in [1.82, 2.24) is 0 Å². The molecule has 1 N–H and O–H groups in total. The second-order valence-electron chi connectivity index (χ2n) is 5.25. The molecule has 0 radical (unpaired) electrons. The molecule has 0 amide bonds. The topological polar surface area (TPSA) is 32.6 Å². The van der Waals surface area contributed by atoms with Crippen LogP contribution >= 0.6 is 0 Å². The first-order valence-electron chi connectivity index (χ1n) is 6.82. The van der Waals surface area contributed by atoms with Gasteiger partial charge in [0.1, 0.15) is 5.60 Å². The van der Waals surface area contributed by atoms with Crippen LogP contribution in [0.4, 0.5) is 0 Å². The van der Waals surface area contributed by atoms with E-state index < -0.39 is 5.60 Å². The van der Waals surface area contributed by atoms with Gasteiger partial charge in [-0.3, -0.25) is 4.99 Å². The van der Waals surface area contributed by atoms with Crippen molar-refractivity contribution in [1.29, 1.82) is 0 Å². The first-order valence-corrected chi connectivity index (χ1v) is 6.82. The SMILES string of the molecule is C=C(\N=C/C(=C\C)/C=C/C(C)=C(C)\C=C/C)C(C)(C)O. The first kappa shape index (κ1) is 18.3. The number of rotatable bonds is 6. The van der Waals surface area contributed by atoms with Crippen LogP contribution in [0.2, 0.25) is 0 Å². The van der Waals surface area contributed by atoms with Gasteiger partial charge < -0.3 is 5.11 Å². The summed E-state index contributed by atoms with van der Waals surface area (Å²) < 4.78 is 0. The Kier molecular flexibility index (Phi) is 7.78. The van der Waals surface area contributed by atoms with Gasteiger partial charge in [0.2, 0.25) is 0 Å². The summed E-state index contributed by atoms with van der Waals surface area (Å²) in [6.07, 6.45) is 11.9. The zero-order valence-corrected chi connectivity index (χ0v) is 13.6. The maximum atomic E-state index is 9.76. The van der Waals surface area contributed by atoms with Gasteiger partial charge in [0.15, 0.2) is 0 Å². The van der Waals surface area contributed by atoms with E-state index in [0.717, 1.165) is 5.57 Å². The summed E-state index contributed by atoms with van der Waals surface area (Å²) in [5.41, 5.74) is 2.87. The molecule has 0 aliphatic rings. The van der Waals surface area contributed by atoms with Crippen LogP contribution in [-0.2, 0) is 0 Å². The lowest BCUT2D eigenvalue weighted by molar-refractivity contribution is 0.119. The van der Waals surface area contributed by atoms with Gasteiger partial charge in [-0.2, -0.15) is 0 Å². The van der Waals surface area contributed by atoms with Gasteiger partial charge in [-0.1, -0.05) is 37.0 Å². The summed E-state index contributed by atoms with van der Waals surface area (Å²) in [5, 5.41) is 9.76. The molecular weight excluding hydrogens is 246 g/mol. The Bertz CT molecular complexity index is 480. The van der Waals surface area contributed by atoms with Crippen molar-refractivity contribution < 1.29 is 5.11 Å². The van der Waals surface area contributed by atoms with E-state index in [2.05, 4.69) is 37.6 Å². The Balaban J connectivity index is 4.96. The maximum absolute atomic E-state index is 9.76. The third-order valence-corrected chi connectivity index (χ3v) is 2.97. The molecule has 0 aromatic carbocycles. The lowest BCUT2D eigenvalue weighted by atomic mass is 10.1. The molecule has 110 valence electrons. The molecule has 0 bridgehead atoms. The van der Waals surface area contributed by atoms with Crippen LogP contribution < -0.4 is 0 Å². The Morgan fingerprint density at radius 3 is 2.05 bits per heavy atom. The van der Waals surface area contributed by atoms with Gasteiger partial charge in [0, 0.05) is 6.21 Å². The molecule has 0 aliphatic carbocycles. The molecule has 20 heavy (non-hydrogen) atoms. The van der Waals surface area contributed by atoms with E-state index in [1.165, 1.54) is 11.1 Å². The van der Waals surface area contributed by atoms with E-state index in [4.69, 9.17) is 0 Å². The Morgan fingerprint density at radius 1 is 1.05 bits per heavy atom. The minimum Gasteiger partial charge on any atom is -0.384 e. The van der Waals surface area contributed by atoms with Crippen molar-refractivity contribution >= 4 is 6.21 Å². The minimum atomic E-state index is -0.989. The fourth-order valence-electron chi connectivity index (χ4n) is 1.26. The summed E-state index contributed by atoms with van der Waals surface area (Å²) in [7, 11) is 0. The van der Waals surface area contributed by atoms with Crippen LogP contribution in [-0.4, -0.2) is 16.9 Å². The second kappa shape index (κ2) is 8.49. The standard InChI is InChI=1S/C18H27NO/c1-8-10-14(3)15(4)11-12-17(9-2)13-19-16(5)18(6,7)20/h8-13,20H,5H2,1-4,6-7H3/b10-8-,12-11+,15-14-,17-9-,19-13-. The van der Waals surface area contributed by atoms with E-state index in [1.54, 1.807) is 20.1 Å². The van der Waals surface area contributed by atoms with E-state index >= 15 is 0 Å². The fraction of sp³-hybridized carbons (Fsp3) is 0.389. The molecule has 0 aromatic rings. The van der Waals surface area contributed by atoms with E-state index in [9.17, 15) is 5.11 Å². The number of hydrogen-bond acceptors (Lipinski definition) is 2. The summed E-state index contributed by atoms with van der Waals surface area (Å²) in [6.45, 7) is 15.2. The number of aliphatic hydroxyl groups is 1. The van der Waals surface area contributed by atoms with Crippen LogP contribution in [0.25, 0.3) is 0 Å². The lowest BCUT2D eigenvalue weighted by Crippen LogP contribution is -2.19. The zero-order chi connectivity index (χ0) is 15.8. The lowest BCUT2D eigenvalue weighted by Gasteiger charge is -2.16. The second-order valence-corrected chi connectivity index (χ2v) is 5.25. The average Bonchev–Trinajstić information content (AvgIpc) is 2.37. The molecule has 0 atom stereocenters. The number of hydrogen-bond donors (Lipinski definition) is 1. The molecule has 0 spiro atoms. The van der Waals surface area contributed by atoms with Gasteiger partial charge in [-0.05, 0) is 58.3 Å². The molecule has 2 nitrogen and oxygen atoms in total. The van der Waals surface area contributed by atoms with Gasteiger partial charge in [0.25, 0.3) is 0 Å². The van der Waals surface area contributed by atoms with Gasteiger partial charge in [-0.25, -0.2) is 0 Å². The monoisotopic (exact) mass is 273 g/mol. The molecule has 0 saturated carbocycles. The fourth-order valence-corrected chi connectivity index (χ4v) is 1.26. The first-order chi connectivity index (χ1) is 9.22. The predicted octanol–water partition coefficient (Wildman–Crippen LogP) is 4.76. The highest BCUT2D eigenvalue weighted by atomic mass is 16.3. The Hall–Kier alpha value is -1.67. The van der Waals surface area contributed by atoms with E-state index in [0.29, 0.717) is 5.70 Å². The van der Waals surface area contributed by atoms with Crippen molar-refractivity contribution in [3.05, 3.63) is 59.4 Å². The molecule has 0 heterocycles. The largest absolute Gasteiger partial charge is 0.384 e. The molecule has 0 unspecified atom stereocenters. The number of nitrogens with zero attached hydrogens (tertiary/aromatic N) is 1. The summed E-state index contributed by atoms with van der Waals surface area (Å²) >= 11 is 0. The van der Waals surface area contributed by atoms with Crippen LogP contribution in [0, 0.1) is 0 Å². The summed E-state index contributed by atoms with van der Waals surface area (Å²) in [4.78, 5) is 4.21. The minimum absolute atomic E-state index is 0.447. The molecular formula is C18H27NO. The molecule has 0 rings (SSSR count). The molecule has 0 fully saturated rings. The molecule has 0 aliphatic heterocycles. The van der Waals surface area contributed by atoms with Gasteiger partial charge >= 0.3 is 0 Å². The van der Waals surface area contributed by atoms with Crippen LogP contribution in [0.1, 0.15) is 41.5 Å². The van der Waals surface area contributed by atoms with E-state index in [-0.39, 0.29) is 0 Å². The van der Waals surface area contributed by atoms with Crippen molar-refractivity contribution in [3.63, 3.8) is 0 Å². The van der Waals surface area contributed by atoms with Gasteiger partial charge in [0.05, 0.1) is 5.70 Å². The summed E-state index contributed by atoms with van der Waals surface area (Å²) in [5.74, 6) is 0. The van der Waals surface area contributed by atoms with Crippen molar-refractivity contribution in [2.24, 2.45) is 4.99 Å². The molecule has 0 saturated heterocycles. The quantitative estimate of drug-likeness (QED) is 0.549. The van der Waals surface area contributed by atoms with Crippen molar-refractivity contribution in [2.45, 2.75) is 47.1 Å². The normalized spacial score (nSPS) is 15.4. The van der Waals surface area contributed by atoms with Crippen LogP contribution in [0.3, 0.4) is 0 Å². The Morgan fingerprint density at radius 2 is 1.60 bits per heavy atom. The summed E-state index contributed by atoms with van der Waals surface area (Å²) in [6, 6.07) is 0. The smallest absolute Gasteiger partial charge is 0.100 e. The van der Waals surface area contributed by atoms with Crippen molar-refractivity contribution in [2.75, 3.05) is 0 Å². The highest BCUT2D eigenvalue weighted by molar-refractivity contribution is 5.83. The third kappa shape index (κ3) is 7.05. The third-order valence-electron chi connectivity index (χ3n) is 2.97. The van der Waals surface area contributed by atoms with Crippen molar-refractivity contribution in [3.8, 4) is 0 Å².